The van der Waals surface area contributed by atoms with Gasteiger partial charge >= 0.3 is 6.09 Å². The first-order valence-corrected chi connectivity index (χ1v) is 7.98. The van der Waals surface area contributed by atoms with Crippen molar-refractivity contribution in [2.45, 2.75) is 71.1 Å². The largest absolute Gasteiger partial charge is 0.444 e. The summed E-state index contributed by atoms with van der Waals surface area (Å²) in [4.78, 5) is 43.5. The summed E-state index contributed by atoms with van der Waals surface area (Å²) in [6.45, 7) is 7.29. The van der Waals surface area contributed by atoms with Crippen LogP contribution in [0.25, 0.3) is 0 Å². The lowest BCUT2D eigenvalue weighted by Gasteiger charge is -2.32. The normalized spacial score (nSPS) is 21.5. The number of amides is 2. The number of hydrogen-bond acceptors (Lipinski definition) is 5. The van der Waals surface area contributed by atoms with Gasteiger partial charge in [-0.25, -0.2) is 9.86 Å². The van der Waals surface area contributed by atoms with E-state index < -0.39 is 23.6 Å². The summed E-state index contributed by atoms with van der Waals surface area (Å²) in [7, 11) is 2.76. The van der Waals surface area contributed by atoms with Gasteiger partial charge in [-0.2, -0.15) is 0 Å². The van der Waals surface area contributed by atoms with Gasteiger partial charge in [0.25, 0.3) is 5.91 Å². The zero-order chi connectivity index (χ0) is 17.8. The van der Waals surface area contributed by atoms with Crippen LogP contribution in [-0.4, -0.2) is 59.6 Å². The number of likely N-dealkylation sites (tertiary alicyclic amines) is 1. The van der Waals surface area contributed by atoms with E-state index in [0.717, 1.165) is 17.9 Å². The minimum atomic E-state index is -1.17. The second kappa shape index (κ2) is 7.77. The SMILES string of the molecule is CCCC[C@@H]1CC(=O)[C@@H](C(=O)N(C)OC)N1C(=O)OC(C)(C)C. The number of ketones is 1. The first kappa shape index (κ1) is 19.4. The topological polar surface area (TPSA) is 76.2 Å². The molecule has 0 aromatic heterocycles. The van der Waals surface area contributed by atoms with Gasteiger partial charge in [-0.15, -0.1) is 0 Å². The van der Waals surface area contributed by atoms with Crippen LogP contribution >= 0.6 is 0 Å². The van der Waals surface area contributed by atoms with Crippen LogP contribution in [0, 0.1) is 0 Å². The van der Waals surface area contributed by atoms with E-state index in [9.17, 15) is 14.4 Å². The van der Waals surface area contributed by atoms with E-state index in [4.69, 9.17) is 9.57 Å². The van der Waals surface area contributed by atoms with Gasteiger partial charge in [-0.1, -0.05) is 19.8 Å². The predicted octanol–water partition coefficient (Wildman–Crippen LogP) is 2.14. The Kier molecular flexibility index (Phi) is 6.56. The van der Waals surface area contributed by atoms with Crippen LogP contribution < -0.4 is 0 Å². The van der Waals surface area contributed by atoms with Crippen LogP contribution in [-0.2, 0) is 19.2 Å². The van der Waals surface area contributed by atoms with Crippen molar-refractivity contribution >= 4 is 17.8 Å². The molecule has 0 aromatic rings. The van der Waals surface area contributed by atoms with Crippen molar-refractivity contribution in [1.82, 2.24) is 9.96 Å². The lowest BCUT2D eigenvalue weighted by atomic mass is 10.1. The molecular weight excluding hydrogens is 300 g/mol. The molecule has 0 aliphatic carbocycles. The van der Waals surface area contributed by atoms with Gasteiger partial charge in [0.2, 0.25) is 0 Å². The molecule has 0 N–H and O–H groups in total. The van der Waals surface area contributed by atoms with Crippen LogP contribution in [0.5, 0.6) is 0 Å². The fourth-order valence-electron chi connectivity index (χ4n) is 2.58. The second-order valence-electron chi connectivity index (χ2n) is 6.77. The highest BCUT2D eigenvalue weighted by Gasteiger charge is 2.49. The molecule has 2 atom stereocenters. The predicted molar refractivity (Wildman–Crippen MR) is 84.6 cm³/mol. The lowest BCUT2D eigenvalue weighted by molar-refractivity contribution is -0.174. The summed E-state index contributed by atoms with van der Waals surface area (Å²) in [5.74, 6) is -0.826. The number of hydroxylamine groups is 2. The van der Waals surface area contributed by atoms with E-state index in [-0.39, 0.29) is 18.2 Å². The van der Waals surface area contributed by atoms with Crippen molar-refractivity contribution in [3.05, 3.63) is 0 Å². The Morgan fingerprint density at radius 1 is 1.35 bits per heavy atom. The van der Waals surface area contributed by atoms with Crippen LogP contribution in [0.4, 0.5) is 4.79 Å². The maximum absolute atomic E-state index is 12.5. The van der Waals surface area contributed by atoms with Crippen LogP contribution in [0.1, 0.15) is 53.4 Å². The molecule has 0 unspecified atom stereocenters. The minimum Gasteiger partial charge on any atom is -0.444 e. The highest BCUT2D eigenvalue weighted by atomic mass is 16.7. The Labute approximate surface area is 137 Å². The summed E-state index contributed by atoms with van der Waals surface area (Å²) in [5.41, 5.74) is -0.696. The Morgan fingerprint density at radius 2 is 1.96 bits per heavy atom. The highest BCUT2D eigenvalue weighted by molar-refractivity contribution is 6.09. The molecule has 7 nitrogen and oxygen atoms in total. The first-order valence-electron chi connectivity index (χ1n) is 7.98. The maximum atomic E-state index is 12.5. The summed E-state index contributed by atoms with van der Waals surface area (Å²) in [6, 6.07) is -1.48. The van der Waals surface area contributed by atoms with Gasteiger partial charge < -0.3 is 4.74 Å². The van der Waals surface area contributed by atoms with Gasteiger partial charge in [0, 0.05) is 19.5 Å². The Morgan fingerprint density at radius 3 is 2.43 bits per heavy atom. The summed E-state index contributed by atoms with van der Waals surface area (Å²) in [5, 5.41) is 0.974. The molecule has 1 heterocycles. The van der Waals surface area contributed by atoms with E-state index in [1.807, 2.05) is 6.92 Å². The molecule has 0 spiro atoms. The van der Waals surface area contributed by atoms with Crippen molar-refractivity contribution in [2.75, 3.05) is 14.2 Å². The first-order chi connectivity index (χ1) is 10.6. The van der Waals surface area contributed by atoms with E-state index >= 15 is 0 Å². The third-order valence-electron chi connectivity index (χ3n) is 3.73. The zero-order valence-electron chi connectivity index (χ0n) is 14.9. The summed E-state index contributed by atoms with van der Waals surface area (Å²) >= 11 is 0. The quantitative estimate of drug-likeness (QED) is 0.571. The molecular formula is C16H28N2O5. The average Bonchev–Trinajstić information content (AvgIpc) is 2.78. The molecule has 0 bridgehead atoms. The van der Waals surface area contributed by atoms with Crippen LogP contribution in [0.15, 0.2) is 0 Å². The van der Waals surface area contributed by atoms with Crippen molar-refractivity contribution in [1.29, 1.82) is 0 Å². The van der Waals surface area contributed by atoms with Gasteiger partial charge in [0.1, 0.15) is 5.60 Å². The van der Waals surface area contributed by atoms with E-state index in [1.165, 1.54) is 19.1 Å². The fourth-order valence-corrected chi connectivity index (χ4v) is 2.58. The highest BCUT2D eigenvalue weighted by Crippen LogP contribution is 2.28. The molecule has 132 valence electrons. The van der Waals surface area contributed by atoms with E-state index in [1.54, 1.807) is 20.8 Å². The van der Waals surface area contributed by atoms with Crippen LogP contribution in [0.3, 0.4) is 0 Å². The molecule has 0 radical (unpaired) electrons. The van der Waals surface area contributed by atoms with Gasteiger partial charge in [0.05, 0.1) is 7.11 Å². The molecule has 1 aliphatic heterocycles. The van der Waals surface area contributed by atoms with E-state index in [0.29, 0.717) is 6.42 Å². The van der Waals surface area contributed by atoms with Crippen LogP contribution in [0.2, 0.25) is 0 Å². The minimum absolute atomic E-state index is 0.174. The van der Waals surface area contributed by atoms with Gasteiger partial charge in [0.15, 0.2) is 11.8 Å². The Balaban J connectivity index is 3.06. The van der Waals surface area contributed by atoms with Crippen molar-refractivity contribution in [2.24, 2.45) is 0 Å². The number of nitrogens with zero attached hydrogens (tertiary/aromatic N) is 2. The third kappa shape index (κ3) is 4.92. The molecule has 1 fully saturated rings. The maximum Gasteiger partial charge on any atom is 0.411 e. The molecule has 7 heteroatoms. The monoisotopic (exact) mass is 328 g/mol. The number of rotatable bonds is 5. The van der Waals surface area contributed by atoms with E-state index in [2.05, 4.69) is 0 Å². The lowest BCUT2D eigenvalue weighted by Crippen LogP contribution is -2.52. The zero-order valence-corrected chi connectivity index (χ0v) is 14.9. The van der Waals surface area contributed by atoms with Crippen molar-refractivity contribution < 1.29 is 24.0 Å². The Hall–Kier alpha value is -1.63. The number of carbonyl (C=O) groups excluding carboxylic acids is 3. The number of unbranched alkanes of at least 4 members (excludes halogenated alkanes) is 1. The molecule has 1 rings (SSSR count). The van der Waals surface area contributed by atoms with Crippen molar-refractivity contribution in [3.8, 4) is 0 Å². The second-order valence-corrected chi connectivity index (χ2v) is 6.77. The molecule has 1 aliphatic rings. The smallest absolute Gasteiger partial charge is 0.411 e. The third-order valence-corrected chi connectivity index (χ3v) is 3.73. The average molecular weight is 328 g/mol. The van der Waals surface area contributed by atoms with Gasteiger partial charge in [-0.3, -0.25) is 19.3 Å². The van der Waals surface area contributed by atoms with Gasteiger partial charge in [-0.05, 0) is 27.2 Å². The number of likely N-dealkylation sites (N-methyl/N-ethyl adjacent to an activating group) is 1. The number of ether oxygens (including phenoxy) is 1. The standard InChI is InChI=1S/C16H28N2O5/c1-7-8-9-11-10-12(19)13(14(20)17(5)22-6)18(11)15(21)23-16(2,3)4/h11,13H,7-10H2,1-6H3/t11-,13+/m1/s1. The summed E-state index contributed by atoms with van der Waals surface area (Å²) < 4.78 is 5.40. The Bertz CT molecular complexity index is 458. The molecule has 0 saturated carbocycles. The molecule has 23 heavy (non-hydrogen) atoms. The number of hydrogen-bond donors (Lipinski definition) is 0. The molecule has 0 aromatic carbocycles. The number of Topliss-reactive ketones (excluding diaryl/α,β-unsaturated/α-hetero) is 1. The van der Waals surface area contributed by atoms with Crippen molar-refractivity contribution in [3.63, 3.8) is 0 Å². The number of carbonyl (C=O) groups is 3. The molecule has 2 amide bonds. The summed E-state index contributed by atoms with van der Waals surface area (Å²) in [6.07, 6.45) is 2.03. The fraction of sp³-hybridized carbons (Fsp3) is 0.812. The molecule has 1 saturated heterocycles.